The molecule has 6 heteroatoms. The molecular formula is C54H51N5O. The van der Waals surface area contributed by atoms with Crippen LogP contribution in [0.5, 0.6) is 11.5 Å². The van der Waals surface area contributed by atoms with Gasteiger partial charge >= 0.3 is 0 Å². The van der Waals surface area contributed by atoms with Crippen LogP contribution in [0.3, 0.4) is 0 Å². The van der Waals surface area contributed by atoms with Crippen LogP contribution in [0.1, 0.15) is 101 Å². The summed E-state index contributed by atoms with van der Waals surface area (Å²) in [5.41, 5.74) is 13.1. The molecule has 0 bridgehead atoms. The lowest BCUT2D eigenvalue weighted by Gasteiger charge is -2.22. The number of hydrogen-bond acceptors (Lipinski definition) is 3. The first-order chi connectivity index (χ1) is 29.1. The van der Waals surface area contributed by atoms with E-state index in [1.807, 2.05) is 6.20 Å². The van der Waals surface area contributed by atoms with Gasteiger partial charge in [-0.3, -0.25) is 13.5 Å². The Bertz CT molecular complexity index is 3210. The van der Waals surface area contributed by atoms with Gasteiger partial charge in [-0.1, -0.05) is 128 Å². The van der Waals surface area contributed by atoms with Crippen LogP contribution in [0.4, 0.5) is 0 Å². The second-order valence-corrected chi connectivity index (χ2v) is 17.5. The number of benzene rings is 6. The number of para-hydroxylation sites is 3. The van der Waals surface area contributed by atoms with Gasteiger partial charge in [-0.2, -0.15) is 0 Å². The maximum Gasteiger partial charge on any atom is 0.219 e. The zero-order valence-electron chi connectivity index (χ0n) is 35.7. The molecule has 0 aliphatic rings. The van der Waals surface area contributed by atoms with Crippen molar-refractivity contribution in [1.82, 2.24) is 23.5 Å². The van der Waals surface area contributed by atoms with Crippen LogP contribution in [0.2, 0.25) is 0 Å². The summed E-state index contributed by atoms with van der Waals surface area (Å²) in [6.07, 6.45) is 6.10. The van der Waals surface area contributed by atoms with Crippen molar-refractivity contribution >= 4 is 49.1 Å². The summed E-state index contributed by atoms with van der Waals surface area (Å²) >= 11 is 0. The summed E-state index contributed by atoms with van der Waals surface area (Å²) in [6, 6.07) is 43.6. The van der Waals surface area contributed by atoms with Gasteiger partial charge in [-0.25, -0.2) is 9.97 Å². The monoisotopic (exact) mass is 785 g/mol. The third-order valence-corrected chi connectivity index (χ3v) is 12.3. The highest BCUT2D eigenvalue weighted by molar-refractivity contribution is 6.13. The van der Waals surface area contributed by atoms with Crippen molar-refractivity contribution in [2.45, 2.75) is 79.1 Å². The molecule has 60 heavy (non-hydrogen) atoms. The molecule has 0 amide bonds. The van der Waals surface area contributed by atoms with Gasteiger partial charge in [-0.15, -0.1) is 0 Å². The highest BCUT2D eigenvalue weighted by Gasteiger charge is 2.24. The number of aromatic nitrogens is 5. The lowest BCUT2D eigenvalue weighted by atomic mass is 9.87. The number of nitrogens with zero attached hydrogens (tertiary/aromatic N) is 5. The molecule has 0 unspecified atom stereocenters. The van der Waals surface area contributed by atoms with Crippen LogP contribution in [0.25, 0.3) is 72.0 Å². The third-order valence-electron chi connectivity index (χ3n) is 12.3. The molecule has 6 nitrogen and oxygen atoms in total. The minimum Gasteiger partial charge on any atom is -0.457 e. The van der Waals surface area contributed by atoms with Crippen molar-refractivity contribution in [2.24, 2.45) is 0 Å². The van der Waals surface area contributed by atoms with E-state index in [9.17, 15) is 0 Å². The van der Waals surface area contributed by atoms with E-state index in [4.69, 9.17) is 14.7 Å². The lowest BCUT2D eigenvalue weighted by molar-refractivity contribution is 0.484. The molecular weight excluding hydrogens is 735 g/mol. The Hall–Kier alpha value is -6.66. The Morgan fingerprint density at radius 1 is 0.483 bits per heavy atom. The van der Waals surface area contributed by atoms with E-state index >= 15 is 0 Å². The van der Waals surface area contributed by atoms with Crippen molar-refractivity contribution < 1.29 is 4.74 Å². The van der Waals surface area contributed by atoms with Gasteiger partial charge in [0.25, 0.3) is 0 Å². The van der Waals surface area contributed by atoms with Gasteiger partial charge in [0.05, 0.1) is 34.1 Å². The third kappa shape index (κ3) is 5.91. The predicted molar refractivity (Wildman–Crippen MR) is 250 cm³/mol. The smallest absolute Gasteiger partial charge is 0.219 e. The molecule has 0 aliphatic heterocycles. The fraction of sp³-hybridized carbons (Fsp3) is 0.222. The summed E-state index contributed by atoms with van der Waals surface area (Å²) in [5.74, 6) is 3.77. The Balaban J connectivity index is 1.14. The van der Waals surface area contributed by atoms with Crippen LogP contribution >= 0.6 is 0 Å². The summed E-state index contributed by atoms with van der Waals surface area (Å²) in [7, 11) is 0. The second-order valence-electron chi connectivity index (χ2n) is 17.5. The van der Waals surface area contributed by atoms with Gasteiger partial charge in [-0.05, 0) is 93.8 Å². The average molecular weight is 786 g/mol. The fourth-order valence-electron chi connectivity index (χ4n) is 9.50. The van der Waals surface area contributed by atoms with E-state index in [0.29, 0.717) is 23.7 Å². The SMILES string of the molecule is CC(C)c1cccc(C(C)C)c1-c1cnc2c3cc(Oc4ccc5c6ccccc6n(-c6nccn6-c6c(C(C)C)cccc6C(C)C)c5c4)ccc3c3ccccc3n12. The molecule has 6 aromatic carbocycles. The molecule has 0 saturated heterocycles. The molecule has 0 radical (unpaired) electrons. The number of ether oxygens (including phenoxy) is 1. The normalized spacial score (nSPS) is 12.3. The zero-order chi connectivity index (χ0) is 41.4. The number of hydrogen-bond donors (Lipinski definition) is 0. The molecule has 0 saturated carbocycles. The van der Waals surface area contributed by atoms with Crippen LogP contribution in [-0.2, 0) is 0 Å². The Morgan fingerprint density at radius 2 is 1.03 bits per heavy atom. The van der Waals surface area contributed by atoms with Gasteiger partial charge in [0.1, 0.15) is 17.1 Å². The molecule has 298 valence electrons. The van der Waals surface area contributed by atoms with Gasteiger partial charge in [0.15, 0.2) is 0 Å². The maximum absolute atomic E-state index is 6.85. The van der Waals surface area contributed by atoms with Crippen LogP contribution < -0.4 is 4.74 Å². The molecule has 0 atom stereocenters. The molecule has 10 aromatic rings. The number of fused-ring (bicyclic) bond motifs is 9. The van der Waals surface area contributed by atoms with Crippen molar-refractivity contribution in [2.75, 3.05) is 0 Å². The van der Waals surface area contributed by atoms with Crippen LogP contribution in [0.15, 0.2) is 140 Å². The first-order valence-corrected chi connectivity index (χ1v) is 21.4. The molecule has 4 heterocycles. The van der Waals surface area contributed by atoms with E-state index in [2.05, 4.69) is 203 Å². The topological polar surface area (TPSA) is 49.3 Å². The largest absolute Gasteiger partial charge is 0.457 e. The number of rotatable bonds is 9. The molecule has 4 aromatic heterocycles. The molecule has 0 N–H and O–H groups in total. The van der Waals surface area contributed by atoms with Gasteiger partial charge < -0.3 is 4.74 Å². The van der Waals surface area contributed by atoms with Crippen LogP contribution in [0, 0.1) is 0 Å². The average Bonchev–Trinajstić information content (AvgIpc) is 3.99. The van der Waals surface area contributed by atoms with E-state index in [0.717, 1.165) is 61.5 Å². The summed E-state index contributed by atoms with van der Waals surface area (Å²) in [6.45, 7) is 18.2. The molecule has 10 rings (SSSR count). The summed E-state index contributed by atoms with van der Waals surface area (Å²) in [5, 5.41) is 5.69. The Morgan fingerprint density at radius 3 is 1.68 bits per heavy atom. The second kappa shape index (κ2) is 14.6. The highest BCUT2D eigenvalue weighted by atomic mass is 16.5. The predicted octanol–water partition coefficient (Wildman–Crippen LogP) is 14.9. The lowest BCUT2D eigenvalue weighted by Crippen LogP contribution is -2.11. The minimum atomic E-state index is 0.343. The van der Waals surface area contributed by atoms with E-state index < -0.39 is 0 Å². The number of imidazole rings is 2. The highest BCUT2D eigenvalue weighted by Crippen LogP contribution is 2.42. The molecule has 0 aliphatic carbocycles. The molecule has 0 fully saturated rings. The van der Waals surface area contributed by atoms with Crippen molar-refractivity contribution in [1.29, 1.82) is 0 Å². The minimum absolute atomic E-state index is 0.343. The first-order valence-electron chi connectivity index (χ1n) is 21.4. The quantitative estimate of drug-likeness (QED) is 0.137. The fourth-order valence-corrected chi connectivity index (χ4v) is 9.50. The van der Waals surface area contributed by atoms with E-state index in [1.54, 1.807) is 0 Å². The van der Waals surface area contributed by atoms with Crippen molar-refractivity contribution in [3.63, 3.8) is 0 Å². The van der Waals surface area contributed by atoms with E-state index in [-0.39, 0.29) is 0 Å². The van der Waals surface area contributed by atoms with Crippen LogP contribution in [-0.4, -0.2) is 23.5 Å². The van der Waals surface area contributed by atoms with Gasteiger partial charge in [0.2, 0.25) is 5.95 Å². The Kier molecular flexibility index (Phi) is 9.12. The summed E-state index contributed by atoms with van der Waals surface area (Å²) < 4.78 is 13.8. The summed E-state index contributed by atoms with van der Waals surface area (Å²) in [4.78, 5) is 10.3. The first kappa shape index (κ1) is 37.6. The van der Waals surface area contributed by atoms with Crippen molar-refractivity contribution in [3.8, 4) is 34.4 Å². The van der Waals surface area contributed by atoms with E-state index in [1.165, 1.54) is 44.3 Å². The number of pyridine rings is 1. The Labute approximate surface area is 351 Å². The zero-order valence-corrected chi connectivity index (χ0v) is 35.7. The standard InChI is InChI=1S/C54H51N5O/c1-32(2)38-17-13-18-39(33(3)4)51(38)50-31-56-53-46-29-36(23-25-42(46)43-15-9-11-21-47(43)58(50)53)60-37-24-26-45-44-16-10-12-22-48(44)59(49(45)30-37)54-55-27-28-57(54)52-40(34(5)6)19-14-20-41(52)35(7)8/h9-35H,1-8H3. The molecule has 0 spiro atoms. The maximum atomic E-state index is 6.85. The van der Waals surface area contributed by atoms with Crippen molar-refractivity contribution in [3.05, 3.63) is 162 Å². The van der Waals surface area contributed by atoms with Gasteiger partial charge in [0, 0.05) is 45.6 Å².